The van der Waals surface area contributed by atoms with Crippen molar-refractivity contribution in [3.8, 4) is 0 Å². The minimum atomic E-state index is -0.202. The van der Waals surface area contributed by atoms with Crippen LogP contribution in [0.15, 0.2) is 41.1 Å². The molecule has 3 N–H and O–H groups in total. The number of para-hydroxylation sites is 1. The maximum Gasteiger partial charge on any atom is 0.256 e. The van der Waals surface area contributed by atoms with Crippen LogP contribution in [0.5, 0.6) is 0 Å². The van der Waals surface area contributed by atoms with Crippen LogP contribution in [0.4, 0.5) is 5.69 Å². The molecular formula is C18H22ClN3O2S. The number of thiophene rings is 1. The molecule has 2 heterocycles. The summed E-state index contributed by atoms with van der Waals surface area (Å²) >= 11 is 1.47. The van der Waals surface area contributed by atoms with E-state index in [0.29, 0.717) is 22.9 Å². The lowest BCUT2D eigenvalue weighted by atomic mass is 10.00. The fourth-order valence-electron chi connectivity index (χ4n) is 2.90. The summed E-state index contributed by atoms with van der Waals surface area (Å²) in [6.45, 7) is 3.02. The Kier molecular flexibility index (Phi) is 6.99. The second kappa shape index (κ2) is 8.99. The van der Waals surface area contributed by atoms with Crippen molar-refractivity contribution in [1.82, 2.24) is 10.6 Å². The van der Waals surface area contributed by atoms with Crippen LogP contribution in [0.3, 0.4) is 0 Å². The molecule has 1 aliphatic rings. The van der Waals surface area contributed by atoms with Gasteiger partial charge in [0.15, 0.2) is 0 Å². The average molecular weight is 380 g/mol. The van der Waals surface area contributed by atoms with Gasteiger partial charge in [0, 0.05) is 17.5 Å². The minimum absolute atomic E-state index is 0. The van der Waals surface area contributed by atoms with Crippen molar-refractivity contribution >= 4 is 41.2 Å². The number of halogens is 1. The molecule has 1 aromatic carbocycles. The van der Waals surface area contributed by atoms with Gasteiger partial charge in [0.25, 0.3) is 11.8 Å². The highest BCUT2D eigenvalue weighted by atomic mass is 35.5. The lowest BCUT2D eigenvalue weighted by molar-refractivity contribution is 0.0926. The van der Waals surface area contributed by atoms with Crippen LogP contribution in [0.2, 0.25) is 0 Å². The lowest BCUT2D eigenvalue weighted by Crippen LogP contribution is -2.46. The molecule has 1 saturated heterocycles. The van der Waals surface area contributed by atoms with E-state index in [1.807, 2.05) is 11.4 Å². The van der Waals surface area contributed by atoms with Crippen molar-refractivity contribution in [2.24, 2.45) is 0 Å². The van der Waals surface area contributed by atoms with E-state index in [-0.39, 0.29) is 30.3 Å². The standard InChI is InChI=1S/C18H21N3O2S.ClH/c1-12-10-14(6-8-19-12)20-18(23)15-4-2-3-5-16(15)21-17(22)13-7-9-24-11-13;/h2-5,7,9,11-12,14,19H,6,8,10H2,1H3,(H,20,23)(H,21,22);1H. The molecule has 2 unspecified atom stereocenters. The van der Waals surface area contributed by atoms with Crippen LogP contribution in [-0.4, -0.2) is 30.4 Å². The number of amides is 2. The Morgan fingerprint density at radius 3 is 2.72 bits per heavy atom. The molecule has 0 aliphatic carbocycles. The summed E-state index contributed by atoms with van der Waals surface area (Å²) in [6.07, 6.45) is 1.83. The van der Waals surface area contributed by atoms with Crippen LogP contribution in [0.1, 0.15) is 40.5 Å². The zero-order valence-corrected chi connectivity index (χ0v) is 15.6. The van der Waals surface area contributed by atoms with Crippen molar-refractivity contribution in [3.05, 3.63) is 52.2 Å². The molecule has 7 heteroatoms. The largest absolute Gasteiger partial charge is 0.349 e. The number of nitrogens with one attached hydrogen (secondary N) is 3. The molecule has 1 aromatic heterocycles. The second-order valence-electron chi connectivity index (χ2n) is 6.06. The molecule has 2 atom stereocenters. The predicted octanol–water partition coefficient (Wildman–Crippen LogP) is 3.29. The van der Waals surface area contributed by atoms with Gasteiger partial charge in [-0.05, 0) is 49.9 Å². The number of carbonyl (C=O) groups is 2. The molecular weight excluding hydrogens is 358 g/mol. The quantitative estimate of drug-likeness (QED) is 0.763. The zero-order valence-electron chi connectivity index (χ0n) is 14.0. The minimum Gasteiger partial charge on any atom is -0.349 e. The Labute approximate surface area is 157 Å². The highest BCUT2D eigenvalue weighted by Crippen LogP contribution is 2.18. The molecule has 1 fully saturated rings. The molecule has 2 aromatic rings. The van der Waals surface area contributed by atoms with Crippen molar-refractivity contribution < 1.29 is 9.59 Å². The zero-order chi connectivity index (χ0) is 16.9. The maximum absolute atomic E-state index is 12.6. The van der Waals surface area contributed by atoms with E-state index in [1.165, 1.54) is 11.3 Å². The third-order valence-corrected chi connectivity index (χ3v) is 4.85. The van der Waals surface area contributed by atoms with Gasteiger partial charge in [0.2, 0.25) is 0 Å². The first-order valence-electron chi connectivity index (χ1n) is 8.10. The van der Waals surface area contributed by atoms with E-state index in [9.17, 15) is 9.59 Å². The Morgan fingerprint density at radius 1 is 1.20 bits per heavy atom. The SMILES string of the molecule is CC1CC(NC(=O)c2ccccc2NC(=O)c2ccsc2)CCN1.Cl. The summed E-state index contributed by atoms with van der Waals surface area (Å²) in [5, 5.41) is 12.9. The monoisotopic (exact) mass is 379 g/mol. The van der Waals surface area contributed by atoms with Crippen molar-refractivity contribution in [2.45, 2.75) is 31.8 Å². The molecule has 5 nitrogen and oxygen atoms in total. The van der Waals surface area contributed by atoms with Gasteiger partial charge in [-0.25, -0.2) is 0 Å². The van der Waals surface area contributed by atoms with Crippen molar-refractivity contribution in [3.63, 3.8) is 0 Å². The fraction of sp³-hybridized carbons (Fsp3) is 0.333. The van der Waals surface area contributed by atoms with Gasteiger partial charge >= 0.3 is 0 Å². The summed E-state index contributed by atoms with van der Waals surface area (Å²) in [4.78, 5) is 24.9. The highest BCUT2D eigenvalue weighted by Gasteiger charge is 2.22. The molecule has 0 radical (unpaired) electrons. The predicted molar refractivity (Wildman–Crippen MR) is 104 cm³/mol. The first kappa shape index (κ1) is 19.4. The molecule has 1 aliphatic heterocycles. The van der Waals surface area contributed by atoms with Gasteiger partial charge in [0.1, 0.15) is 0 Å². The first-order chi connectivity index (χ1) is 11.6. The van der Waals surface area contributed by atoms with Crippen LogP contribution >= 0.6 is 23.7 Å². The lowest BCUT2D eigenvalue weighted by Gasteiger charge is -2.28. The molecule has 134 valence electrons. The summed E-state index contributed by atoms with van der Waals surface area (Å²) in [7, 11) is 0. The number of benzene rings is 1. The molecule has 0 saturated carbocycles. The first-order valence-corrected chi connectivity index (χ1v) is 9.04. The molecule has 25 heavy (non-hydrogen) atoms. The smallest absolute Gasteiger partial charge is 0.256 e. The van der Waals surface area contributed by atoms with Crippen LogP contribution < -0.4 is 16.0 Å². The Hall–Kier alpha value is -1.89. The van der Waals surface area contributed by atoms with E-state index in [4.69, 9.17) is 0 Å². The number of hydrogen-bond donors (Lipinski definition) is 3. The van der Waals surface area contributed by atoms with E-state index < -0.39 is 0 Å². The average Bonchev–Trinajstić information content (AvgIpc) is 3.10. The van der Waals surface area contributed by atoms with Gasteiger partial charge in [-0.15, -0.1) is 12.4 Å². The van der Waals surface area contributed by atoms with Crippen LogP contribution in [0.25, 0.3) is 0 Å². The number of carbonyl (C=O) groups excluding carboxylic acids is 2. The van der Waals surface area contributed by atoms with E-state index in [1.54, 1.807) is 29.6 Å². The number of anilines is 1. The van der Waals surface area contributed by atoms with Gasteiger partial charge < -0.3 is 16.0 Å². The molecule has 3 rings (SSSR count). The van der Waals surface area contributed by atoms with Crippen molar-refractivity contribution in [1.29, 1.82) is 0 Å². The van der Waals surface area contributed by atoms with Crippen molar-refractivity contribution in [2.75, 3.05) is 11.9 Å². The van der Waals surface area contributed by atoms with Gasteiger partial charge in [-0.3, -0.25) is 9.59 Å². The second-order valence-corrected chi connectivity index (χ2v) is 6.84. The van der Waals surface area contributed by atoms with Crippen LogP contribution in [-0.2, 0) is 0 Å². The van der Waals surface area contributed by atoms with E-state index in [2.05, 4.69) is 22.9 Å². The van der Waals surface area contributed by atoms with E-state index in [0.717, 1.165) is 19.4 Å². The normalized spacial score (nSPS) is 19.6. The third-order valence-electron chi connectivity index (χ3n) is 4.16. The van der Waals surface area contributed by atoms with Gasteiger partial charge in [-0.1, -0.05) is 12.1 Å². The highest BCUT2D eigenvalue weighted by molar-refractivity contribution is 7.08. The number of rotatable bonds is 4. The number of hydrogen-bond acceptors (Lipinski definition) is 4. The Balaban J connectivity index is 0.00000225. The van der Waals surface area contributed by atoms with Crippen LogP contribution in [0, 0.1) is 0 Å². The Morgan fingerprint density at radius 2 is 2.00 bits per heavy atom. The topological polar surface area (TPSA) is 70.2 Å². The summed E-state index contributed by atoms with van der Waals surface area (Å²) in [6, 6.07) is 9.44. The molecule has 2 amide bonds. The summed E-state index contributed by atoms with van der Waals surface area (Å²) < 4.78 is 0. The third kappa shape index (κ3) is 5.04. The Bertz CT molecular complexity index is 721. The molecule has 0 spiro atoms. The number of piperidine rings is 1. The van der Waals surface area contributed by atoms with Gasteiger partial charge in [0.05, 0.1) is 16.8 Å². The summed E-state index contributed by atoms with van der Waals surface area (Å²) in [5.74, 6) is -0.345. The summed E-state index contributed by atoms with van der Waals surface area (Å²) in [5.41, 5.74) is 1.63. The van der Waals surface area contributed by atoms with E-state index >= 15 is 0 Å². The maximum atomic E-state index is 12.6. The molecule has 0 bridgehead atoms. The van der Waals surface area contributed by atoms with Gasteiger partial charge in [-0.2, -0.15) is 11.3 Å². The fourth-order valence-corrected chi connectivity index (χ4v) is 3.54.